The smallest absolute Gasteiger partial charge is 0.329 e. The van der Waals surface area contributed by atoms with Crippen molar-refractivity contribution in [1.82, 2.24) is 9.55 Å². The lowest BCUT2D eigenvalue weighted by Crippen LogP contribution is -2.31. The minimum atomic E-state index is -0.934. The number of aromatic nitrogens is 2. The number of ether oxygens (including phenoxy) is 1. The van der Waals surface area contributed by atoms with Gasteiger partial charge in [-0.3, -0.25) is 15.0 Å². The first kappa shape index (κ1) is 8.68. The summed E-state index contributed by atoms with van der Waals surface area (Å²) in [6.07, 6.45) is -3.08. The highest BCUT2D eigenvalue weighted by atomic mass is 16.5. The summed E-state index contributed by atoms with van der Waals surface area (Å²) >= 11 is 0. The van der Waals surface area contributed by atoms with Crippen LogP contribution in [0.4, 0.5) is 0 Å². The van der Waals surface area contributed by atoms with Gasteiger partial charge in [-0.15, -0.1) is 0 Å². The number of hydrogen-bond donors (Lipinski definition) is 4. The van der Waals surface area contributed by atoms with E-state index in [1.54, 1.807) is 0 Å². The molecule has 1 fully saturated rings. The molecule has 1 aliphatic rings. The second kappa shape index (κ2) is 4.20. The number of nitrogens with zero attached hydrogens (tertiary/aromatic N) is 1. The highest BCUT2D eigenvalue weighted by Crippen LogP contribution is 2.26. The summed E-state index contributed by atoms with van der Waals surface area (Å²) in [5.74, 6) is 0. The van der Waals surface area contributed by atoms with E-state index >= 15 is 0 Å². The molecule has 0 spiro atoms. The molecule has 16 heavy (non-hydrogen) atoms. The van der Waals surface area contributed by atoms with Gasteiger partial charge < -0.3 is 14.9 Å². The summed E-state index contributed by atoms with van der Waals surface area (Å²) in [6, 6.07) is -0.430. The summed E-state index contributed by atoms with van der Waals surface area (Å²) < 4.78 is 21.2. The highest BCUT2D eigenvalue weighted by Gasteiger charge is 2.34. The van der Waals surface area contributed by atoms with E-state index < -0.39 is 48.4 Å². The standard InChI is InChI=1S/C9H13N3O4/c10-7-1-2-12(9(15)11-7)8-3-5(14)6(4-13)16-8/h1-2,5-6,8,13-14H,3-4H2,(H2,10,11,15)/t5-,6+,8+/m0/s1/i1D,2D. The van der Waals surface area contributed by atoms with Crippen molar-refractivity contribution in [3.05, 3.63) is 28.2 Å². The van der Waals surface area contributed by atoms with Crippen LogP contribution in [-0.2, 0) is 4.74 Å². The zero-order valence-electron chi connectivity index (χ0n) is 10.3. The van der Waals surface area contributed by atoms with Gasteiger partial charge in [0, 0.05) is 12.6 Å². The molecule has 7 heteroatoms. The van der Waals surface area contributed by atoms with Gasteiger partial charge in [0.2, 0.25) is 0 Å². The predicted molar refractivity (Wildman–Crippen MR) is 52.5 cm³/mol. The Labute approximate surface area is 93.3 Å². The largest absolute Gasteiger partial charge is 0.394 e. The Morgan fingerprint density at radius 2 is 2.56 bits per heavy atom. The summed E-state index contributed by atoms with van der Waals surface area (Å²) in [6.45, 7) is -0.395. The first-order chi connectivity index (χ1) is 8.45. The van der Waals surface area contributed by atoms with Crippen molar-refractivity contribution in [1.29, 1.82) is 5.41 Å². The normalized spacial score (nSPS) is 31.2. The van der Waals surface area contributed by atoms with E-state index in [4.69, 9.17) is 18.0 Å². The second-order valence-electron chi connectivity index (χ2n) is 3.53. The summed E-state index contributed by atoms with van der Waals surface area (Å²) in [7, 11) is 0. The first-order valence-electron chi connectivity index (χ1n) is 5.76. The number of aliphatic hydroxyl groups excluding tert-OH is 2. The van der Waals surface area contributed by atoms with Crippen LogP contribution in [0.5, 0.6) is 0 Å². The molecule has 1 aromatic rings. The van der Waals surface area contributed by atoms with Gasteiger partial charge in [0.25, 0.3) is 0 Å². The molecule has 3 atom stereocenters. The maximum Gasteiger partial charge on any atom is 0.329 e. The van der Waals surface area contributed by atoms with Gasteiger partial charge in [-0.25, -0.2) is 4.79 Å². The number of aliphatic hydroxyl groups is 2. The van der Waals surface area contributed by atoms with E-state index in [1.165, 1.54) is 0 Å². The Balaban J connectivity index is 2.45. The van der Waals surface area contributed by atoms with Crippen LogP contribution in [0.15, 0.2) is 17.0 Å². The molecule has 0 aromatic carbocycles. The third kappa shape index (κ3) is 1.92. The number of H-pyrrole nitrogens is 1. The monoisotopic (exact) mass is 229 g/mol. The second-order valence-corrected chi connectivity index (χ2v) is 3.53. The minimum Gasteiger partial charge on any atom is -0.394 e. The maximum absolute atomic E-state index is 11.7. The lowest BCUT2D eigenvalue weighted by atomic mass is 10.2. The molecule has 4 N–H and O–H groups in total. The molecule has 2 heterocycles. The van der Waals surface area contributed by atoms with Gasteiger partial charge >= 0.3 is 5.69 Å². The molecule has 1 aliphatic heterocycles. The average Bonchev–Trinajstić information content (AvgIpc) is 2.67. The molecule has 0 bridgehead atoms. The Morgan fingerprint density at radius 1 is 1.81 bits per heavy atom. The van der Waals surface area contributed by atoms with Gasteiger partial charge in [-0.05, 0) is 6.04 Å². The van der Waals surface area contributed by atoms with Gasteiger partial charge in [-0.2, -0.15) is 0 Å². The quantitative estimate of drug-likeness (QED) is 0.484. The Bertz CT molecular complexity index is 570. The number of rotatable bonds is 2. The fourth-order valence-corrected chi connectivity index (χ4v) is 1.61. The van der Waals surface area contributed by atoms with Crippen LogP contribution in [0.25, 0.3) is 0 Å². The van der Waals surface area contributed by atoms with E-state index in [0.29, 0.717) is 0 Å². The fraction of sp³-hybridized carbons (Fsp3) is 0.556. The number of hydrogen-bond acceptors (Lipinski definition) is 5. The summed E-state index contributed by atoms with van der Waals surface area (Å²) in [5, 5.41) is 25.8. The van der Waals surface area contributed by atoms with E-state index in [1.807, 2.05) is 0 Å². The molecule has 0 unspecified atom stereocenters. The van der Waals surface area contributed by atoms with Crippen molar-refractivity contribution in [2.45, 2.75) is 24.9 Å². The van der Waals surface area contributed by atoms with Gasteiger partial charge in [0.1, 0.15) is 17.8 Å². The maximum atomic E-state index is 11.7. The number of nitrogens with one attached hydrogen (secondary N) is 2. The molecule has 0 saturated carbocycles. The molecule has 1 saturated heterocycles. The van der Waals surface area contributed by atoms with Gasteiger partial charge in [0.15, 0.2) is 0 Å². The zero-order valence-corrected chi connectivity index (χ0v) is 8.30. The molecule has 2 rings (SSSR count). The minimum absolute atomic E-state index is 0.0433. The summed E-state index contributed by atoms with van der Waals surface area (Å²) in [4.78, 5) is 13.8. The van der Waals surface area contributed by atoms with Crippen LogP contribution >= 0.6 is 0 Å². The SMILES string of the molecule is [2H]c1c([2H])n([C@H]2C[C@H](O)[C@@H](CO)O2)c(=O)[nH]c1=N. The average molecular weight is 229 g/mol. The highest BCUT2D eigenvalue weighted by molar-refractivity contribution is 4.87. The van der Waals surface area contributed by atoms with Crippen LogP contribution in [0, 0.1) is 5.41 Å². The molecule has 7 nitrogen and oxygen atoms in total. The third-order valence-corrected chi connectivity index (χ3v) is 2.42. The molecule has 0 aliphatic carbocycles. The lowest BCUT2D eigenvalue weighted by molar-refractivity contribution is -0.0459. The first-order valence-corrected chi connectivity index (χ1v) is 4.76. The van der Waals surface area contributed by atoms with E-state index in [2.05, 4.69) is 4.98 Å². The molecule has 1 aromatic heterocycles. The molecular weight excluding hydrogens is 214 g/mol. The Morgan fingerprint density at radius 3 is 3.19 bits per heavy atom. The van der Waals surface area contributed by atoms with Crippen molar-refractivity contribution < 1.29 is 17.7 Å². The van der Waals surface area contributed by atoms with Crippen molar-refractivity contribution >= 4 is 0 Å². The molecule has 0 amide bonds. The van der Waals surface area contributed by atoms with Crippen molar-refractivity contribution in [3.8, 4) is 0 Å². The Hall–Kier alpha value is -1.44. The molecule has 0 radical (unpaired) electrons. The summed E-state index contributed by atoms with van der Waals surface area (Å²) in [5.41, 5.74) is -1.20. The van der Waals surface area contributed by atoms with Crippen LogP contribution in [0.3, 0.4) is 0 Å². The van der Waals surface area contributed by atoms with Crippen LogP contribution in [0.1, 0.15) is 15.4 Å². The zero-order chi connectivity index (χ0) is 13.4. The van der Waals surface area contributed by atoms with E-state index in [-0.39, 0.29) is 6.42 Å². The van der Waals surface area contributed by atoms with Crippen molar-refractivity contribution in [3.63, 3.8) is 0 Å². The lowest BCUT2D eigenvalue weighted by Gasteiger charge is -2.13. The van der Waals surface area contributed by atoms with Crippen molar-refractivity contribution in [2.75, 3.05) is 6.61 Å². The van der Waals surface area contributed by atoms with Crippen molar-refractivity contribution in [2.24, 2.45) is 0 Å². The van der Waals surface area contributed by atoms with Gasteiger partial charge in [-0.1, -0.05) is 0 Å². The van der Waals surface area contributed by atoms with Crippen LogP contribution < -0.4 is 11.2 Å². The van der Waals surface area contributed by atoms with Crippen LogP contribution in [0.2, 0.25) is 0 Å². The van der Waals surface area contributed by atoms with Crippen LogP contribution in [-0.4, -0.2) is 38.6 Å². The fourth-order valence-electron chi connectivity index (χ4n) is 1.61. The molecular formula is C9H13N3O4. The number of aromatic amines is 1. The van der Waals surface area contributed by atoms with E-state index in [0.717, 1.165) is 4.57 Å². The third-order valence-electron chi connectivity index (χ3n) is 2.42. The van der Waals surface area contributed by atoms with Gasteiger partial charge in [0.05, 0.1) is 15.5 Å². The topological polar surface area (TPSA) is 111 Å². The predicted octanol–water partition coefficient (Wildman–Crippen LogP) is -1.70. The molecule has 88 valence electrons. The Kier molecular flexibility index (Phi) is 2.28. The van der Waals surface area contributed by atoms with E-state index in [9.17, 15) is 9.90 Å².